The van der Waals surface area contributed by atoms with Gasteiger partial charge in [0.1, 0.15) is 5.75 Å². The quantitative estimate of drug-likeness (QED) is 0.290. The van der Waals surface area contributed by atoms with Crippen molar-refractivity contribution < 1.29 is 33.8 Å². The highest BCUT2D eigenvalue weighted by Gasteiger charge is 2.70. The van der Waals surface area contributed by atoms with Gasteiger partial charge in [0.15, 0.2) is 0 Å². The Morgan fingerprint density at radius 3 is 2.33 bits per heavy atom. The number of likely N-dealkylation sites (tertiary alicyclic amines) is 1. The number of anilines is 1. The van der Waals surface area contributed by atoms with Crippen molar-refractivity contribution in [3.05, 3.63) is 106 Å². The van der Waals surface area contributed by atoms with E-state index in [1.165, 1.54) is 18.2 Å². The molecule has 3 fully saturated rings. The third-order valence-electron chi connectivity index (χ3n) is 9.82. The van der Waals surface area contributed by atoms with Gasteiger partial charge in [-0.1, -0.05) is 71.2 Å². The van der Waals surface area contributed by atoms with E-state index >= 15 is 4.79 Å². The maximum Gasteiger partial charge on any atom is 0.423 e. The van der Waals surface area contributed by atoms with Gasteiger partial charge in [-0.15, -0.1) is 0 Å². The fourth-order valence-electron chi connectivity index (χ4n) is 8.12. The molecule has 2 heterocycles. The van der Waals surface area contributed by atoms with Crippen LogP contribution in [0.3, 0.4) is 0 Å². The first-order chi connectivity index (χ1) is 21.6. The number of nitrogens with zero attached hydrogens (tertiary/aromatic N) is 2. The average Bonchev–Trinajstić information content (AvgIpc) is 3.43. The van der Waals surface area contributed by atoms with E-state index in [1.807, 2.05) is 6.08 Å². The number of hydrogen-bond acceptors (Lipinski definition) is 7. The summed E-state index contributed by atoms with van der Waals surface area (Å²) in [5.41, 5.74) is 0.201. The molecule has 6 unspecified atom stereocenters. The van der Waals surface area contributed by atoms with Gasteiger partial charge < -0.3 is 9.84 Å². The Labute approximate surface area is 268 Å². The molecule has 6 atom stereocenters. The van der Waals surface area contributed by atoms with Crippen LogP contribution >= 0.6 is 23.2 Å². The van der Waals surface area contributed by atoms with E-state index in [0.717, 1.165) is 12.0 Å². The molecule has 3 aromatic carbocycles. The Morgan fingerprint density at radius 2 is 1.62 bits per heavy atom. The topological polar surface area (TPSA) is 121 Å². The highest BCUT2D eigenvalue weighted by Crippen LogP contribution is 2.65. The van der Waals surface area contributed by atoms with Gasteiger partial charge in [-0.05, 0) is 60.7 Å². The molecule has 0 aromatic heterocycles. The van der Waals surface area contributed by atoms with Crippen molar-refractivity contribution in [2.24, 2.45) is 23.7 Å². The maximum atomic E-state index is 15.1. The third kappa shape index (κ3) is 4.03. The number of methoxy groups -OCH3 is 1. The number of benzene rings is 3. The molecule has 7 rings (SSSR count). The molecular weight excluding hydrogens is 619 g/mol. The number of carbonyl (C=O) groups excluding carboxylic acids is 5. The molecule has 228 valence electrons. The minimum Gasteiger partial charge on any atom is -0.508 e. The van der Waals surface area contributed by atoms with Crippen LogP contribution in [0.15, 0.2) is 84.4 Å². The Morgan fingerprint density at radius 1 is 0.889 bits per heavy atom. The minimum absolute atomic E-state index is 0.0371. The van der Waals surface area contributed by atoms with Gasteiger partial charge in [-0.3, -0.25) is 19.2 Å². The molecule has 1 saturated carbocycles. The zero-order valence-corrected chi connectivity index (χ0v) is 25.4. The number of aromatic hydroxyl groups is 1. The lowest BCUT2D eigenvalue weighted by Crippen LogP contribution is -2.53. The Kier molecular flexibility index (Phi) is 6.87. The number of amides is 5. The van der Waals surface area contributed by atoms with Crippen LogP contribution in [0.2, 0.25) is 10.0 Å². The number of phenols is 1. The molecule has 2 aliphatic carbocycles. The molecule has 11 heteroatoms. The predicted octanol–water partition coefficient (Wildman–Crippen LogP) is 5.63. The summed E-state index contributed by atoms with van der Waals surface area (Å²) in [4.78, 5) is 71.1. The minimum atomic E-state index is -1.56. The van der Waals surface area contributed by atoms with E-state index in [4.69, 9.17) is 27.9 Å². The highest BCUT2D eigenvalue weighted by atomic mass is 35.5. The van der Waals surface area contributed by atoms with Crippen molar-refractivity contribution in [2.75, 3.05) is 12.0 Å². The Bertz CT molecular complexity index is 1840. The molecule has 0 spiro atoms. The first-order valence-corrected chi connectivity index (χ1v) is 15.2. The largest absolute Gasteiger partial charge is 0.508 e. The lowest BCUT2D eigenvalue weighted by atomic mass is 9.49. The molecule has 0 radical (unpaired) electrons. The normalized spacial score (nSPS) is 28.9. The first kappa shape index (κ1) is 29.3. The van der Waals surface area contributed by atoms with Gasteiger partial charge in [0, 0.05) is 21.5 Å². The summed E-state index contributed by atoms with van der Waals surface area (Å²) >= 11 is 12.8. The Balaban J connectivity index is 1.51. The summed E-state index contributed by atoms with van der Waals surface area (Å²) in [6.45, 7) is 0. The van der Waals surface area contributed by atoms with E-state index in [1.54, 1.807) is 54.6 Å². The number of halogens is 2. The van der Waals surface area contributed by atoms with Gasteiger partial charge in [-0.2, -0.15) is 4.90 Å². The Hall–Kier alpha value is -4.47. The van der Waals surface area contributed by atoms with Crippen LogP contribution in [-0.2, 0) is 29.3 Å². The number of rotatable bonds is 3. The number of phenolic OH excluding ortho intramolecular Hbond substituents is 1. The molecule has 5 amide bonds. The number of fused-ring (bicyclic) bond motifs is 4. The van der Waals surface area contributed by atoms with Crippen LogP contribution in [0.4, 0.5) is 10.5 Å². The second-order valence-electron chi connectivity index (χ2n) is 11.8. The van der Waals surface area contributed by atoms with Crippen LogP contribution in [-0.4, -0.2) is 46.8 Å². The van der Waals surface area contributed by atoms with E-state index < -0.39 is 64.7 Å². The van der Waals surface area contributed by atoms with Crippen molar-refractivity contribution in [1.29, 1.82) is 0 Å². The average molecular weight is 645 g/mol. The van der Waals surface area contributed by atoms with Gasteiger partial charge in [-0.25, -0.2) is 9.69 Å². The van der Waals surface area contributed by atoms with Crippen molar-refractivity contribution in [2.45, 2.75) is 24.2 Å². The molecule has 1 N–H and O–H groups in total. The summed E-state index contributed by atoms with van der Waals surface area (Å²) in [5.74, 6) is -7.05. The highest BCUT2D eigenvalue weighted by molar-refractivity contribution is 6.32. The van der Waals surface area contributed by atoms with E-state index in [-0.39, 0.29) is 24.3 Å². The molecule has 45 heavy (non-hydrogen) atoms. The lowest BCUT2D eigenvalue weighted by Gasteiger charge is -2.50. The van der Waals surface area contributed by atoms with E-state index in [2.05, 4.69) is 0 Å². The zero-order valence-electron chi connectivity index (χ0n) is 23.9. The van der Waals surface area contributed by atoms with Crippen LogP contribution in [0.1, 0.15) is 29.9 Å². The lowest BCUT2D eigenvalue weighted by molar-refractivity contribution is -0.138. The van der Waals surface area contributed by atoms with E-state index in [0.29, 0.717) is 31.6 Å². The molecule has 9 nitrogen and oxygen atoms in total. The van der Waals surface area contributed by atoms with Crippen molar-refractivity contribution >= 4 is 58.6 Å². The molecule has 2 aliphatic heterocycles. The summed E-state index contributed by atoms with van der Waals surface area (Å²) in [6.07, 6.45) is 0.903. The molecule has 3 aromatic rings. The third-order valence-corrected chi connectivity index (χ3v) is 10.3. The summed E-state index contributed by atoms with van der Waals surface area (Å²) < 4.78 is 4.75. The van der Waals surface area contributed by atoms with E-state index in [9.17, 15) is 24.3 Å². The molecular formula is C34H26Cl2N2O7. The van der Waals surface area contributed by atoms with Crippen LogP contribution in [0.5, 0.6) is 5.75 Å². The molecule has 4 aliphatic rings. The fourth-order valence-corrected chi connectivity index (χ4v) is 8.48. The van der Waals surface area contributed by atoms with Gasteiger partial charge in [0.25, 0.3) is 0 Å². The monoisotopic (exact) mass is 644 g/mol. The van der Waals surface area contributed by atoms with Gasteiger partial charge in [0.05, 0.1) is 36.0 Å². The number of hydrogen-bond donors (Lipinski definition) is 1. The molecule has 2 saturated heterocycles. The van der Waals surface area contributed by atoms with Gasteiger partial charge in [0.2, 0.25) is 23.6 Å². The smallest absolute Gasteiger partial charge is 0.423 e. The standard InChI is InChI=1S/C34H26Cl2N2O7/c1-45-33(44)38-29(40)22-12-11-21-23(27(22)31(38)42)16-25-30(41)37(20-9-5-8-18(35)14-20)32(43)34(25,17-6-3-2-4-7-17)28(21)24-15-19(36)10-13-26(24)39/h2-11,13-15,22-23,25,27-28,39H,12,16H2,1H3. The maximum absolute atomic E-state index is 15.1. The second-order valence-corrected chi connectivity index (χ2v) is 12.7. The summed E-state index contributed by atoms with van der Waals surface area (Å²) in [5, 5.41) is 12.0. The van der Waals surface area contributed by atoms with Crippen molar-refractivity contribution in [3.63, 3.8) is 0 Å². The van der Waals surface area contributed by atoms with Crippen LogP contribution < -0.4 is 4.90 Å². The first-order valence-electron chi connectivity index (χ1n) is 14.4. The summed E-state index contributed by atoms with van der Waals surface area (Å²) in [7, 11) is 1.09. The number of allylic oxidation sites excluding steroid dienone is 2. The van der Waals surface area contributed by atoms with Gasteiger partial charge >= 0.3 is 6.09 Å². The predicted molar refractivity (Wildman–Crippen MR) is 163 cm³/mol. The van der Waals surface area contributed by atoms with Crippen LogP contribution in [0.25, 0.3) is 0 Å². The van der Waals surface area contributed by atoms with Crippen molar-refractivity contribution in [3.8, 4) is 5.75 Å². The fraction of sp³-hybridized carbons (Fsp3) is 0.265. The summed E-state index contributed by atoms with van der Waals surface area (Å²) in [6, 6.07) is 19.9. The van der Waals surface area contributed by atoms with Crippen LogP contribution in [0, 0.1) is 23.7 Å². The number of imide groups is 4. The zero-order chi connectivity index (χ0) is 31.8. The molecule has 0 bridgehead atoms. The SMILES string of the molecule is COC(=O)N1C(=O)C2CC=C3C(CC4C(=O)N(c5cccc(Cl)c5)C(=O)C4(c4ccccc4)C3c3cc(Cl)ccc3O)C2C1=O. The van der Waals surface area contributed by atoms with Crippen molar-refractivity contribution in [1.82, 2.24) is 4.90 Å². The second kappa shape index (κ2) is 10.6. The number of ether oxygens (including phenoxy) is 1. The number of carbonyl (C=O) groups is 5.